The summed E-state index contributed by atoms with van der Waals surface area (Å²) in [6.45, 7) is 6.29. The number of halogens is 1. The van der Waals surface area contributed by atoms with E-state index < -0.39 is 0 Å². The molecule has 0 heterocycles. The molecule has 2 N–H and O–H groups in total. The summed E-state index contributed by atoms with van der Waals surface area (Å²) in [6.07, 6.45) is 1.17. The number of hydrogen-bond acceptors (Lipinski definition) is 2. The third-order valence-corrected chi connectivity index (χ3v) is 3.65. The summed E-state index contributed by atoms with van der Waals surface area (Å²) in [5.74, 6) is 0. The Morgan fingerprint density at radius 2 is 1.68 bits per heavy atom. The van der Waals surface area contributed by atoms with E-state index in [0.717, 1.165) is 30.7 Å². The molecule has 0 aliphatic carbocycles. The van der Waals surface area contributed by atoms with Crippen LogP contribution >= 0.6 is 15.9 Å². The van der Waals surface area contributed by atoms with Crippen molar-refractivity contribution in [1.82, 2.24) is 10.6 Å². The van der Waals surface area contributed by atoms with Crippen LogP contribution in [0.15, 0.2) is 40.9 Å². The number of nitrogens with one attached hydrogen (secondary N) is 2. The Morgan fingerprint density at radius 1 is 0.947 bits per heavy atom. The molecule has 0 radical (unpaired) electrons. The monoisotopic (exact) mass is 320 g/mol. The Labute approximate surface area is 123 Å². The van der Waals surface area contributed by atoms with Gasteiger partial charge in [0.2, 0.25) is 0 Å². The second-order valence-corrected chi connectivity index (χ2v) is 5.63. The topological polar surface area (TPSA) is 24.1 Å². The first-order valence-electron chi connectivity index (χ1n) is 6.89. The van der Waals surface area contributed by atoms with Crippen molar-refractivity contribution in [2.75, 3.05) is 19.6 Å². The highest BCUT2D eigenvalue weighted by Crippen LogP contribution is 2.20. The fraction of sp³-hybridized carbons (Fsp3) is 0.375. The van der Waals surface area contributed by atoms with E-state index in [2.05, 4.69) is 69.9 Å². The van der Waals surface area contributed by atoms with Gasteiger partial charge < -0.3 is 10.6 Å². The van der Waals surface area contributed by atoms with Gasteiger partial charge in [0.1, 0.15) is 0 Å². The van der Waals surface area contributed by atoms with E-state index in [4.69, 9.17) is 0 Å². The van der Waals surface area contributed by atoms with Crippen LogP contribution in [0.4, 0.5) is 0 Å². The SMILES string of the molecule is CCNCCCNCc1ccc2cc(Br)ccc2c1. The van der Waals surface area contributed by atoms with Gasteiger partial charge in [-0.3, -0.25) is 0 Å². The summed E-state index contributed by atoms with van der Waals surface area (Å²) in [7, 11) is 0. The minimum absolute atomic E-state index is 0.943. The first-order chi connectivity index (χ1) is 9.29. The van der Waals surface area contributed by atoms with Crippen LogP contribution in [-0.2, 0) is 6.54 Å². The molecule has 3 heteroatoms. The minimum Gasteiger partial charge on any atom is -0.317 e. The molecule has 0 saturated heterocycles. The van der Waals surface area contributed by atoms with Crippen molar-refractivity contribution in [2.45, 2.75) is 19.9 Å². The van der Waals surface area contributed by atoms with Crippen LogP contribution in [0.2, 0.25) is 0 Å². The van der Waals surface area contributed by atoms with Crippen molar-refractivity contribution in [3.8, 4) is 0 Å². The number of benzene rings is 2. The van der Waals surface area contributed by atoms with Gasteiger partial charge in [0.05, 0.1) is 0 Å². The molecule has 0 saturated carbocycles. The molecule has 0 aliphatic heterocycles. The Balaban J connectivity index is 1.86. The molecule has 2 aromatic carbocycles. The van der Waals surface area contributed by atoms with Gasteiger partial charge in [-0.25, -0.2) is 0 Å². The third-order valence-electron chi connectivity index (χ3n) is 3.15. The zero-order chi connectivity index (χ0) is 13.5. The summed E-state index contributed by atoms with van der Waals surface area (Å²) >= 11 is 3.50. The number of hydrogen-bond donors (Lipinski definition) is 2. The lowest BCUT2D eigenvalue weighted by Gasteiger charge is -2.07. The smallest absolute Gasteiger partial charge is 0.0205 e. The van der Waals surface area contributed by atoms with Crippen LogP contribution in [0.3, 0.4) is 0 Å². The van der Waals surface area contributed by atoms with E-state index in [0.29, 0.717) is 0 Å². The normalized spacial score (nSPS) is 11.1. The summed E-state index contributed by atoms with van der Waals surface area (Å²) in [5, 5.41) is 9.40. The van der Waals surface area contributed by atoms with E-state index in [1.807, 2.05) is 0 Å². The molecule has 2 aromatic rings. The quantitative estimate of drug-likeness (QED) is 0.760. The first-order valence-corrected chi connectivity index (χ1v) is 7.68. The summed E-state index contributed by atoms with van der Waals surface area (Å²) in [5.41, 5.74) is 1.35. The lowest BCUT2D eigenvalue weighted by Crippen LogP contribution is -2.21. The van der Waals surface area contributed by atoms with E-state index in [1.54, 1.807) is 0 Å². The van der Waals surface area contributed by atoms with Crippen molar-refractivity contribution in [3.05, 3.63) is 46.4 Å². The predicted octanol–water partition coefficient (Wildman–Crippen LogP) is 3.69. The van der Waals surface area contributed by atoms with Crippen LogP contribution in [0.5, 0.6) is 0 Å². The number of rotatable bonds is 7. The highest BCUT2D eigenvalue weighted by Gasteiger charge is 1.97. The Hall–Kier alpha value is -0.900. The zero-order valence-corrected chi connectivity index (χ0v) is 13.0. The van der Waals surface area contributed by atoms with Crippen LogP contribution < -0.4 is 10.6 Å². The molecule has 0 aromatic heterocycles. The molecule has 0 atom stereocenters. The second kappa shape index (κ2) is 7.63. The van der Waals surface area contributed by atoms with Crippen molar-refractivity contribution < 1.29 is 0 Å². The highest BCUT2D eigenvalue weighted by atomic mass is 79.9. The molecular formula is C16H21BrN2. The van der Waals surface area contributed by atoms with Crippen molar-refractivity contribution in [2.24, 2.45) is 0 Å². The molecule has 0 spiro atoms. The molecular weight excluding hydrogens is 300 g/mol. The molecule has 102 valence electrons. The van der Waals surface area contributed by atoms with E-state index in [1.165, 1.54) is 22.8 Å². The van der Waals surface area contributed by atoms with Crippen molar-refractivity contribution >= 4 is 26.7 Å². The molecule has 0 fully saturated rings. The maximum absolute atomic E-state index is 3.50. The van der Waals surface area contributed by atoms with Crippen molar-refractivity contribution in [1.29, 1.82) is 0 Å². The maximum atomic E-state index is 3.50. The molecule has 2 rings (SSSR count). The number of fused-ring (bicyclic) bond motifs is 1. The average molecular weight is 321 g/mol. The Kier molecular flexibility index (Phi) is 5.83. The molecule has 0 amide bonds. The van der Waals surface area contributed by atoms with Gasteiger partial charge in [-0.15, -0.1) is 0 Å². The highest BCUT2D eigenvalue weighted by molar-refractivity contribution is 9.10. The fourth-order valence-corrected chi connectivity index (χ4v) is 2.50. The predicted molar refractivity (Wildman–Crippen MR) is 86.5 cm³/mol. The lowest BCUT2D eigenvalue weighted by atomic mass is 10.1. The second-order valence-electron chi connectivity index (χ2n) is 4.71. The van der Waals surface area contributed by atoms with E-state index >= 15 is 0 Å². The molecule has 0 unspecified atom stereocenters. The van der Waals surface area contributed by atoms with Crippen LogP contribution in [0.1, 0.15) is 18.9 Å². The molecule has 19 heavy (non-hydrogen) atoms. The van der Waals surface area contributed by atoms with Gasteiger partial charge in [-0.05, 0) is 60.6 Å². The van der Waals surface area contributed by atoms with Gasteiger partial charge in [0.15, 0.2) is 0 Å². The van der Waals surface area contributed by atoms with Crippen LogP contribution in [-0.4, -0.2) is 19.6 Å². The van der Waals surface area contributed by atoms with Gasteiger partial charge in [-0.1, -0.05) is 41.1 Å². The van der Waals surface area contributed by atoms with E-state index in [-0.39, 0.29) is 0 Å². The Morgan fingerprint density at radius 3 is 2.53 bits per heavy atom. The maximum Gasteiger partial charge on any atom is 0.0205 e. The molecule has 0 bridgehead atoms. The third kappa shape index (κ3) is 4.60. The minimum atomic E-state index is 0.943. The van der Waals surface area contributed by atoms with E-state index in [9.17, 15) is 0 Å². The largest absolute Gasteiger partial charge is 0.317 e. The molecule has 0 aliphatic rings. The standard InChI is InChI=1S/C16H21BrN2/c1-2-18-8-3-9-19-12-13-4-5-15-11-16(17)7-6-14(15)10-13/h4-7,10-11,18-19H,2-3,8-9,12H2,1H3. The van der Waals surface area contributed by atoms with Gasteiger partial charge in [0.25, 0.3) is 0 Å². The lowest BCUT2D eigenvalue weighted by molar-refractivity contribution is 0.606. The van der Waals surface area contributed by atoms with Crippen molar-refractivity contribution in [3.63, 3.8) is 0 Å². The summed E-state index contributed by atoms with van der Waals surface area (Å²) < 4.78 is 1.13. The molecule has 2 nitrogen and oxygen atoms in total. The van der Waals surface area contributed by atoms with Gasteiger partial charge in [0, 0.05) is 11.0 Å². The van der Waals surface area contributed by atoms with Gasteiger partial charge in [-0.2, -0.15) is 0 Å². The van der Waals surface area contributed by atoms with Crippen LogP contribution in [0, 0.1) is 0 Å². The summed E-state index contributed by atoms with van der Waals surface area (Å²) in [4.78, 5) is 0. The van der Waals surface area contributed by atoms with Crippen LogP contribution in [0.25, 0.3) is 10.8 Å². The fourth-order valence-electron chi connectivity index (χ4n) is 2.12. The zero-order valence-electron chi connectivity index (χ0n) is 11.4. The first kappa shape index (κ1) is 14.5. The average Bonchev–Trinajstić information content (AvgIpc) is 2.43. The Bertz CT molecular complexity index is 525. The summed E-state index contributed by atoms with van der Waals surface area (Å²) in [6, 6.07) is 13.1. The van der Waals surface area contributed by atoms with Gasteiger partial charge >= 0.3 is 0 Å².